The van der Waals surface area contributed by atoms with Crippen LogP contribution >= 0.6 is 0 Å². The predicted octanol–water partition coefficient (Wildman–Crippen LogP) is 3.51. The largest absolute Gasteiger partial charge is 0.493 e. The zero-order valence-corrected chi connectivity index (χ0v) is 13.8. The number of benzene rings is 2. The molecule has 1 atom stereocenters. The molecule has 0 fully saturated rings. The third kappa shape index (κ3) is 4.49. The Labute approximate surface area is 137 Å². The van der Waals surface area contributed by atoms with E-state index in [2.05, 4.69) is 12.2 Å². The number of rotatable bonds is 7. The molecule has 0 spiro atoms. The van der Waals surface area contributed by atoms with E-state index in [-0.39, 0.29) is 11.9 Å². The zero-order valence-electron chi connectivity index (χ0n) is 13.8. The zero-order chi connectivity index (χ0) is 16.7. The summed E-state index contributed by atoms with van der Waals surface area (Å²) in [7, 11) is 3.18. The second-order valence-electron chi connectivity index (χ2n) is 5.31. The van der Waals surface area contributed by atoms with Crippen molar-refractivity contribution in [2.45, 2.75) is 25.8 Å². The highest BCUT2D eigenvalue weighted by atomic mass is 16.5. The van der Waals surface area contributed by atoms with Gasteiger partial charge in [-0.15, -0.1) is 0 Å². The average molecular weight is 313 g/mol. The standard InChI is InChI=1S/C19H23NO3/c1-4-16(15-8-6-5-7-9-15)20-19(21)13-14-10-11-17(22-2)18(12-14)23-3/h5-12,16H,4,13H2,1-3H3,(H,20,21)/t16-/m1/s1. The minimum Gasteiger partial charge on any atom is -0.493 e. The molecule has 122 valence electrons. The Morgan fingerprint density at radius 1 is 1.04 bits per heavy atom. The van der Waals surface area contributed by atoms with E-state index in [0.29, 0.717) is 17.9 Å². The number of nitrogens with one attached hydrogen (secondary N) is 1. The molecule has 0 unspecified atom stereocenters. The minimum atomic E-state index is -0.00655. The van der Waals surface area contributed by atoms with Gasteiger partial charge in [0.2, 0.25) is 5.91 Å². The Morgan fingerprint density at radius 3 is 2.35 bits per heavy atom. The second kappa shape index (κ2) is 8.22. The van der Waals surface area contributed by atoms with Crippen molar-refractivity contribution < 1.29 is 14.3 Å². The molecule has 23 heavy (non-hydrogen) atoms. The minimum absolute atomic E-state index is 0.00655. The molecule has 2 aromatic carbocycles. The number of methoxy groups -OCH3 is 2. The van der Waals surface area contributed by atoms with E-state index in [9.17, 15) is 4.79 Å². The van der Waals surface area contributed by atoms with Crippen LogP contribution in [0.1, 0.15) is 30.5 Å². The van der Waals surface area contributed by atoms with Gasteiger partial charge in [0.1, 0.15) is 0 Å². The van der Waals surface area contributed by atoms with Gasteiger partial charge in [0, 0.05) is 0 Å². The summed E-state index contributed by atoms with van der Waals surface area (Å²) in [6.45, 7) is 2.06. The maximum absolute atomic E-state index is 12.3. The third-order valence-electron chi connectivity index (χ3n) is 3.76. The molecule has 0 aliphatic heterocycles. The molecule has 1 N–H and O–H groups in total. The SMILES string of the molecule is CC[C@@H](NC(=O)Cc1ccc(OC)c(OC)c1)c1ccccc1. The van der Waals surface area contributed by atoms with E-state index in [1.165, 1.54) is 0 Å². The van der Waals surface area contributed by atoms with E-state index in [0.717, 1.165) is 17.5 Å². The van der Waals surface area contributed by atoms with Crippen LogP contribution in [0.5, 0.6) is 11.5 Å². The number of carbonyl (C=O) groups excluding carboxylic acids is 1. The van der Waals surface area contributed by atoms with Crippen LogP contribution in [0.25, 0.3) is 0 Å². The van der Waals surface area contributed by atoms with Crippen LogP contribution in [-0.4, -0.2) is 20.1 Å². The normalized spacial score (nSPS) is 11.6. The molecule has 0 saturated heterocycles. The van der Waals surface area contributed by atoms with Crippen LogP contribution in [0, 0.1) is 0 Å². The van der Waals surface area contributed by atoms with Crippen LogP contribution in [0.2, 0.25) is 0 Å². The summed E-state index contributed by atoms with van der Waals surface area (Å²) >= 11 is 0. The van der Waals surface area contributed by atoms with Crippen LogP contribution in [-0.2, 0) is 11.2 Å². The van der Waals surface area contributed by atoms with E-state index >= 15 is 0 Å². The van der Waals surface area contributed by atoms with Crippen molar-refractivity contribution in [3.05, 3.63) is 59.7 Å². The van der Waals surface area contributed by atoms with Gasteiger partial charge < -0.3 is 14.8 Å². The fourth-order valence-corrected chi connectivity index (χ4v) is 2.53. The van der Waals surface area contributed by atoms with E-state index in [4.69, 9.17) is 9.47 Å². The molecular formula is C19H23NO3. The first-order valence-corrected chi connectivity index (χ1v) is 7.73. The van der Waals surface area contributed by atoms with Gasteiger partial charge in [-0.2, -0.15) is 0 Å². The lowest BCUT2D eigenvalue weighted by atomic mass is 10.0. The van der Waals surface area contributed by atoms with Crippen molar-refractivity contribution in [2.75, 3.05) is 14.2 Å². The molecule has 0 radical (unpaired) electrons. The molecule has 0 bridgehead atoms. The smallest absolute Gasteiger partial charge is 0.224 e. The molecule has 4 heteroatoms. The van der Waals surface area contributed by atoms with Gasteiger partial charge in [0.15, 0.2) is 11.5 Å². The number of amides is 1. The van der Waals surface area contributed by atoms with Crippen molar-refractivity contribution in [1.29, 1.82) is 0 Å². The average Bonchev–Trinajstić information content (AvgIpc) is 2.60. The van der Waals surface area contributed by atoms with Crippen molar-refractivity contribution >= 4 is 5.91 Å². The summed E-state index contributed by atoms with van der Waals surface area (Å²) in [4.78, 5) is 12.3. The lowest BCUT2D eigenvalue weighted by Crippen LogP contribution is -2.29. The lowest BCUT2D eigenvalue weighted by molar-refractivity contribution is -0.121. The van der Waals surface area contributed by atoms with Crippen molar-refractivity contribution in [2.24, 2.45) is 0 Å². The summed E-state index contributed by atoms with van der Waals surface area (Å²) in [5.41, 5.74) is 2.01. The molecule has 0 heterocycles. The Kier molecular flexibility index (Phi) is 6.03. The van der Waals surface area contributed by atoms with Crippen LogP contribution in [0.3, 0.4) is 0 Å². The highest BCUT2D eigenvalue weighted by Crippen LogP contribution is 2.27. The van der Waals surface area contributed by atoms with Gasteiger partial charge in [-0.1, -0.05) is 43.3 Å². The number of hydrogen-bond acceptors (Lipinski definition) is 3. The number of carbonyl (C=O) groups is 1. The lowest BCUT2D eigenvalue weighted by Gasteiger charge is -2.17. The summed E-state index contributed by atoms with van der Waals surface area (Å²) in [6.07, 6.45) is 1.16. The van der Waals surface area contributed by atoms with E-state index in [1.807, 2.05) is 48.5 Å². The highest BCUT2D eigenvalue weighted by molar-refractivity contribution is 5.79. The molecule has 0 aliphatic rings. The quantitative estimate of drug-likeness (QED) is 0.851. The second-order valence-corrected chi connectivity index (χ2v) is 5.31. The molecule has 1 amide bonds. The molecule has 2 aromatic rings. The summed E-state index contributed by atoms with van der Waals surface area (Å²) in [5.74, 6) is 1.29. The topological polar surface area (TPSA) is 47.6 Å². The van der Waals surface area contributed by atoms with Crippen LogP contribution in [0.15, 0.2) is 48.5 Å². The van der Waals surface area contributed by atoms with Gasteiger partial charge in [-0.05, 0) is 29.7 Å². The number of hydrogen-bond donors (Lipinski definition) is 1. The van der Waals surface area contributed by atoms with E-state index in [1.54, 1.807) is 14.2 Å². The van der Waals surface area contributed by atoms with Gasteiger partial charge in [-0.3, -0.25) is 4.79 Å². The van der Waals surface area contributed by atoms with E-state index < -0.39 is 0 Å². The summed E-state index contributed by atoms with van der Waals surface area (Å²) in [6, 6.07) is 15.6. The third-order valence-corrected chi connectivity index (χ3v) is 3.76. The Bertz CT molecular complexity index is 640. The predicted molar refractivity (Wildman–Crippen MR) is 90.9 cm³/mol. The van der Waals surface area contributed by atoms with Gasteiger partial charge in [0.25, 0.3) is 0 Å². The maximum Gasteiger partial charge on any atom is 0.224 e. The maximum atomic E-state index is 12.3. The van der Waals surface area contributed by atoms with Crippen molar-refractivity contribution in [1.82, 2.24) is 5.32 Å². The molecule has 0 saturated carbocycles. The first-order chi connectivity index (χ1) is 11.2. The Hall–Kier alpha value is -2.49. The molecule has 0 aliphatic carbocycles. The Morgan fingerprint density at radius 2 is 1.74 bits per heavy atom. The van der Waals surface area contributed by atoms with Crippen molar-refractivity contribution in [3.8, 4) is 11.5 Å². The highest BCUT2D eigenvalue weighted by Gasteiger charge is 2.13. The van der Waals surface area contributed by atoms with Crippen molar-refractivity contribution in [3.63, 3.8) is 0 Å². The first kappa shape index (κ1) is 16.9. The van der Waals surface area contributed by atoms with Gasteiger partial charge in [0.05, 0.1) is 26.7 Å². The Balaban J connectivity index is 2.04. The van der Waals surface area contributed by atoms with Gasteiger partial charge >= 0.3 is 0 Å². The molecular weight excluding hydrogens is 290 g/mol. The van der Waals surface area contributed by atoms with Crippen LogP contribution in [0.4, 0.5) is 0 Å². The fraction of sp³-hybridized carbons (Fsp3) is 0.316. The van der Waals surface area contributed by atoms with Crippen LogP contribution < -0.4 is 14.8 Å². The fourth-order valence-electron chi connectivity index (χ4n) is 2.53. The summed E-state index contributed by atoms with van der Waals surface area (Å²) in [5, 5.41) is 3.09. The number of ether oxygens (including phenoxy) is 2. The monoisotopic (exact) mass is 313 g/mol. The summed E-state index contributed by atoms with van der Waals surface area (Å²) < 4.78 is 10.5. The molecule has 4 nitrogen and oxygen atoms in total. The molecule has 0 aromatic heterocycles. The first-order valence-electron chi connectivity index (χ1n) is 7.73. The molecule has 2 rings (SSSR count). The van der Waals surface area contributed by atoms with Gasteiger partial charge in [-0.25, -0.2) is 0 Å².